The predicted molar refractivity (Wildman–Crippen MR) is 149 cm³/mol. The number of methoxy groups -OCH3 is 1. The van der Waals surface area contributed by atoms with Gasteiger partial charge in [0, 0.05) is 13.1 Å². The number of carbonyl (C=O) groups is 2. The summed E-state index contributed by atoms with van der Waals surface area (Å²) in [5, 5.41) is 2.76. The van der Waals surface area contributed by atoms with Gasteiger partial charge in [-0.15, -0.1) is 0 Å². The highest BCUT2D eigenvalue weighted by molar-refractivity contribution is 7.92. The Balaban J connectivity index is 2.07. The molecule has 0 aromatic heterocycles. The number of anilines is 1. The minimum absolute atomic E-state index is 0.0452. The molecule has 0 aliphatic rings. The molecule has 38 heavy (non-hydrogen) atoms. The minimum Gasteiger partial charge on any atom is -0.495 e. The Kier molecular flexibility index (Phi) is 9.52. The van der Waals surface area contributed by atoms with Crippen LogP contribution in [0.2, 0.25) is 0 Å². The molecule has 3 aromatic rings. The van der Waals surface area contributed by atoms with Crippen molar-refractivity contribution in [1.82, 2.24) is 10.2 Å². The summed E-state index contributed by atoms with van der Waals surface area (Å²) in [7, 11) is -2.72. The molecule has 0 unspecified atom stereocenters. The van der Waals surface area contributed by atoms with Crippen molar-refractivity contribution in [2.45, 2.75) is 45.2 Å². The molecule has 0 aliphatic heterocycles. The maximum absolute atomic E-state index is 13.9. The molecule has 0 spiro atoms. The summed E-state index contributed by atoms with van der Waals surface area (Å²) in [6.07, 6.45) is 0. The smallest absolute Gasteiger partial charge is 0.264 e. The molecule has 202 valence electrons. The molecule has 1 N–H and O–H groups in total. The summed E-state index contributed by atoms with van der Waals surface area (Å²) < 4.78 is 34.3. The van der Waals surface area contributed by atoms with Crippen LogP contribution < -0.4 is 14.4 Å². The van der Waals surface area contributed by atoms with Crippen molar-refractivity contribution in [3.8, 4) is 5.75 Å². The average Bonchev–Trinajstić information content (AvgIpc) is 2.90. The van der Waals surface area contributed by atoms with Crippen LogP contribution >= 0.6 is 0 Å². The standard InChI is InChI=1S/C29H35N3O5S/c1-6-30-29(34)23(4)31(19-24-11-9-10-22(3)18-24)28(33)20-32(26-12-7-8-13-27(26)37-5)38(35,36)25-16-14-21(2)15-17-25/h7-18,23H,6,19-20H2,1-5H3,(H,30,34)/t23-/m0/s1. The van der Waals surface area contributed by atoms with E-state index in [1.807, 2.05) is 38.1 Å². The van der Waals surface area contributed by atoms with Crippen molar-refractivity contribution in [1.29, 1.82) is 0 Å². The lowest BCUT2D eigenvalue weighted by Crippen LogP contribution is -2.51. The van der Waals surface area contributed by atoms with Gasteiger partial charge in [-0.2, -0.15) is 0 Å². The Hall–Kier alpha value is -3.85. The summed E-state index contributed by atoms with van der Waals surface area (Å²) in [5.41, 5.74) is 2.98. The van der Waals surface area contributed by atoms with Crippen LogP contribution in [0.3, 0.4) is 0 Å². The number of nitrogens with zero attached hydrogens (tertiary/aromatic N) is 2. The van der Waals surface area contributed by atoms with E-state index < -0.39 is 28.5 Å². The van der Waals surface area contributed by atoms with Gasteiger partial charge >= 0.3 is 0 Å². The highest BCUT2D eigenvalue weighted by atomic mass is 32.2. The summed E-state index contributed by atoms with van der Waals surface area (Å²) in [5.74, 6) is -0.538. The summed E-state index contributed by atoms with van der Waals surface area (Å²) in [6, 6.07) is 19.9. The van der Waals surface area contributed by atoms with E-state index in [-0.39, 0.29) is 23.0 Å². The van der Waals surface area contributed by atoms with Crippen LogP contribution in [0.15, 0.2) is 77.7 Å². The largest absolute Gasteiger partial charge is 0.495 e. The number of carbonyl (C=O) groups excluding carboxylic acids is 2. The van der Waals surface area contributed by atoms with E-state index in [0.717, 1.165) is 21.0 Å². The fourth-order valence-corrected chi connectivity index (χ4v) is 5.52. The van der Waals surface area contributed by atoms with E-state index in [1.165, 1.54) is 24.1 Å². The number of amides is 2. The topological polar surface area (TPSA) is 96.0 Å². The number of ether oxygens (including phenoxy) is 1. The third kappa shape index (κ3) is 6.72. The Morgan fingerprint density at radius 3 is 2.26 bits per heavy atom. The first-order valence-electron chi connectivity index (χ1n) is 12.4. The van der Waals surface area contributed by atoms with E-state index in [1.54, 1.807) is 50.2 Å². The molecule has 0 saturated heterocycles. The Labute approximate surface area is 225 Å². The van der Waals surface area contributed by atoms with Crippen LogP contribution in [0, 0.1) is 13.8 Å². The van der Waals surface area contributed by atoms with Crippen molar-refractivity contribution >= 4 is 27.5 Å². The number of aryl methyl sites for hydroxylation is 2. The van der Waals surface area contributed by atoms with Crippen LogP contribution in [-0.2, 0) is 26.2 Å². The van der Waals surface area contributed by atoms with Crippen LogP contribution in [0.25, 0.3) is 0 Å². The van der Waals surface area contributed by atoms with Crippen molar-refractivity contribution in [3.63, 3.8) is 0 Å². The fraction of sp³-hybridized carbons (Fsp3) is 0.310. The lowest BCUT2D eigenvalue weighted by molar-refractivity contribution is -0.139. The van der Waals surface area contributed by atoms with Crippen LogP contribution in [0.1, 0.15) is 30.5 Å². The first-order chi connectivity index (χ1) is 18.1. The maximum atomic E-state index is 13.9. The van der Waals surface area contributed by atoms with E-state index in [4.69, 9.17) is 4.74 Å². The normalized spacial score (nSPS) is 11.9. The molecule has 0 radical (unpaired) electrons. The van der Waals surface area contributed by atoms with Gasteiger partial charge < -0.3 is 15.0 Å². The highest BCUT2D eigenvalue weighted by Crippen LogP contribution is 2.32. The number of benzene rings is 3. The summed E-state index contributed by atoms with van der Waals surface area (Å²) in [4.78, 5) is 28.1. The zero-order valence-electron chi connectivity index (χ0n) is 22.5. The third-order valence-corrected chi connectivity index (χ3v) is 7.97. The van der Waals surface area contributed by atoms with Crippen molar-refractivity contribution in [2.75, 3.05) is 24.5 Å². The number of hydrogen-bond acceptors (Lipinski definition) is 5. The van der Waals surface area contributed by atoms with Gasteiger partial charge in [-0.3, -0.25) is 13.9 Å². The number of para-hydroxylation sites is 2. The predicted octanol–water partition coefficient (Wildman–Crippen LogP) is 4.06. The zero-order valence-corrected chi connectivity index (χ0v) is 23.3. The van der Waals surface area contributed by atoms with Gasteiger partial charge in [-0.05, 0) is 57.5 Å². The lowest BCUT2D eigenvalue weighted by atomic mass is 10.1. The Bertz CT molecular complexity index is 1370. The van der Waals surface area contributed by atoms with Crippen molar-refractivity contribution in [3.05, 3.63) is 89.5 Å². The number of nitrogens with one attached hydrogen (secondary N) is 1. The summed E-state index contributed by atoms with van der Waals surface area (Å²) >= 11 is 0. The van der Waals surface area contributed by atoms with E-state index in [2.05, 4.69) is 5.32 Å². The van der Waals surface area contributed by atoms with E-state index in [9.17, 15) is 18.0 Å². The quantitative estimate of drug-likeness (QED) is 0.398. The molecule has 1 atom stereocenters. The highest BCUT2D eigenvalue weighted by Gasteiger charge is 2.33. The van der Waals surface area contributed by atoms with Gasteiger partial charge in [0.1, 0.15) is 18.3 Å². The number of sulfonamides is 1. The molecule has 0 aliphatic carbocycles. The molecule has 8 nitrogen and oxygen atoms in total. The van der Waals surface area contributed by atoms with Crippen LogP contribution in [0.4, 0.5) is 5.69 Å². The SMILES string of the molecule is CCNC(=O)[C@H](C)N(Cc1cccc(C)c1)C(=O)CN(c1ccccc1OC)S(=O)(=O)c1ccc(C)cc1. The summed E-state index contributed by atoms with van der Waals surface area (Å²) in [6.45, 7) is 7.28. The molecule has 0 bridgehead atoms. The van der Waals surface area contributed by atoms with Gasteiger partial charge in [-0.1, -0.05) is 59.7 Å². The second-order valence-corrected chi connectivity index (χ2v) is 10.9. The molecule has 2 amide bonds. The maximum Gasteiger partial charge on any atom is 0.264 e. The molecule has 0 heterocycles. The van der Waals surface area contributed by atoms with Gasteiger partial charge in [0.05, 0.1) is 17.7 Å². The number of hydrogen-bond donors (Lipinski definition) is 1. The Morgan fingerprint density at radius 2 is 1.63 bits per heavy atom. The van der Waals surface area contributed by atoms with Crippen LogP contribution in [0.5, 0.6) is 5.75 Å². The lowest BCUT2D eigenvalue weighted by Gasteiger charge is -2.32. The second-order valence-electron chi connectivity index (χ2n) is 9.08. The van der Waals surface area contributed by atoms with Crippen molar-refractivity contribution in [2.24, 2.45) is 0 Å². The molecular weight excluding hydrogens is 502 g/mol. The Morgan fingerprint density at radius 1 is 0.947 bits per heavy atom. The monoisotopic (exact) mass is 537 g/mol. The van der Waals surface area contributed by atoms with Gasteiger partial charge in [-0.25, -0.2) is 8.42 Å². The van der Waals surface area contributed by atoms with E-state index in [0.29, 0.717) is 12.3 Å². The molecule has 3 aromatic carbocycles. The first kappa shape index (κ1) is 28.7. The molecule has 3 rings (SSSR count). The second kappa shape index (κ2) is 12.6. The minimum atomic E-state index is -4.16. The van der Waals surface area contributed by atoms with Crippen LogP contribution in [-0.4, -0.2) is 51.4 Å². The van der Waals surface area contributed by atoms with Crippen molar-refractivity contribution < 1.29 is 22.7 Å². The van der Waals surface area contributed by atoms with Gasteiger partial charge in [0.15, 0.2) is 0 Å². The molecule has 0 saturated carbocycles. The molecule has 9 heteroatoms. The number of likely N-dealkylation sites (N-methyl/N-ethyl adjacent to an activating group) is 1. The first-order valence-corrected chi connectivity index (χ1v) is 13.9. The van der Waals surface area contributed by atoms with Gasteiger partial charge in [0.25, 0.3) is 10.0 Å². The molecular formula is C29H35N3O5S. The van der Waals surface area contributed by atoms with Gasteiger partial charge in [0.2, 0.25) is 11.8 Å². The fourth-order valence-electron chi connectivity index (χ4n) is 4.10. The zero-order chi connectivity index (χ0) is 27.9. The molecule has 0 fully saturated rings. The number of rotatable bonds is 11. The third-order valence-electron chi connectivity index (χ3n) is 6.20. The van der Waals surface area contributed by atoms with E-state index >= 15 is 0 Å². The average molecular weight is 538 g/mol.